The Bertz CT molecular complexity index is 829. The highest BCUT2D eigenvalue weighted by molar-refractivity contribution is 7.09. The van der Waals surface area contributed by atoms with Crippen LogP contribution in [0.3, 0.4) is 0 Å². The molecule has 0 N–H and O–H groups in total. The molecule has 0 saturated heterocycles. The zero-order valence-electron chi connectivity index (χ0n) is 14.3. The number of hydrogen-bond donors (Lipinski definition) is 0. The Morgan fingerprint density at radius 1 is 1.23 bits per heavy atom. The number of carbonyl (C=O) groups excluding carboxylic acids is 1. The number of furan rings is 1. The first kappa shape index (κ1) is 17.8. The van der Waals surface area contributed by atoms with Gasteiger partial charge in [0.2, 0.25) is 0 Å². The lowest BCUT2D eigenvalue weighted by Crippen LogP contribution is -2.39. The molecule has 2 aromatic heterocycles. The molecule has 0 aliphatic rings. The molecule has 6 heteroatoms. The van der Waals surface area contributed by atoms with Gasteiger partial charge in [-0.3, -0.25) is 4.79 Å². The van der Waals surface area contributed by atoms with E-state index in [0.29, 0.717) is 24.4 Å². The van der Waals surface area contributed by atoms with Crippen LogP contribution in [0.4, 0.5) is 0 Å². The van der Waals surface area contributed by atoms with Crippen molar-refractivity contribution >= 4 is 17.2 Å². The zero-order valence-corrected chi connectivity index (χ0v) is 15.1. The molecular formula is C20H18N2O3S. The fourth-order valence-electron chi connectivity index (χ4n) is 2.51. The van der Waals surface area contributed by atoms with Gasteiger partial charge in [0.1, 0.15) is 11.5 Å². The summed E-state index contributed by atoms with van der Waals surface area (Å²) in [5, 5.41) is 10.8. The van der Waals surface area contributed by atoms with Gasteiger partial charge in [0.05, 0.1) is 31.0 Å². The van der Waals surface area contributed by atoms with E-state index in [1.54, 1.807) is 59.8 Å². The van der Waals surface area contributed by atoms with Crippen molar-refractivity contribution in [2.75, 3.05) is 0 Å². The predicted octanol–water partition coefficient (Wildman–Crippen LogP) is 4.21. The molecule has 1 unspecified atom stereocenters. The Hall–Kier alpha value is -3.04. The molecule has 26 heavy (non-hydrogen) atoms. The number of benzene rings is 1. The van der Waals surface area contributed by atoms with Crippen molar-refractivity contribution in [3.8, 4) is 11.8 Å². The molecule has 0 spiro atoms. The summed E-state index contributed by atoms with van der Waals surface area (Å²) in [5.74, 6) is 1.15. The Morgan fingerprint density at radius 2 is 2.04 bits per heavy atom. The van der Waals surface area contributed by atoms with E-state index in [-0.39, 0.29) is 5.91 Å². The van der Waals surface area contributed by atoms with Crippen molar-refractivity contribution in [2.45, 2.75) is 26.1 Å². The van der Waals surface area contributed by atoms with Gasteiger partial charge in [0.15, 0.2) is 6.10 Å². The van der Waals surface area contributed by atoms with Gasteiger partial charge < -0.3 is 14.1 Å². The van der Waals surface area contributed by atoms with Gasteiger partial charge in [-0.2, -0.15) is 5.26 Å². The molecule has 132 valence electrons. The van der Waals surface area contributed by atoms with Crippen LogP contribution in [0.25, 0.3) is 0 Å². The summed E-state index contributed by atoms with van der Waals surface area (Å²) < 4.78 is 11.2. The molecule has 0 aliphatic heterocycles. The predicted molar refractivity (Wildman–Crippen MR) is 98.5 cm³/mol. The Balaban J connectivity index is 1.71. The second-order valence-electron chi connectivity index (χ2n) is 5.75. The summed E-state index contributed by atoms with van der Waals surface area (Å²) >= 11 is 1.61. The highest BCUT2D eigenvalue weighted by atomic mass is 32.1. The molecule has 3 rings (SSSR count). The van der Waals surface area contributed by atoms with Crippen molar-refractivity contribution in [1.82, 2.24) is 4.90 Å². The number of rotatable bonds is 7. The van der Waals surface area contributed by atoms with Gasteiger partial charge in [-0.1, -0.05) is 6.07 Å². The van der Waals surface area contributed by atoms with E-state index in [1.165, 1.54) is 0 Å². The molecule has 0 fully saturated rings. The van der Waals surface area contributed by atoms with E-state index in [1.807, 2.05) is 23.6 Å². The van der Waals surface area contributed by atoms with E-state index in [0.717, 1.165) is 10.6 Å². The molecular weight excluding hydrogens is 348 g/mol. The summed E-state index contributed by atoms with van der Waals surface area (Å²) in [5.41, 5.74) is 0.550. The van der Waals surface area contributed by atoms with E-state index in [2.05, 4.69) is 6.07 Å². The van der Waals surface area contributed by atoms with E-state index >= 15 is 0 Å². The number of nitriles is 1. The smallest absolute Gasteiger partial charge is 0.264 e. The van der Waals surface area contributed by atoms with E-state index in [4.69, 9.17) is 14.4 Å². The third kappa shape index (κ3) is 4.52. The Labute approximate surface area is 156 Å². The molecule has 5 nitrogen and oxygen atoms in total. The lowest BCUT2D eigenvalue weighted by Gasteiger charge is -2.25. The number of amides is 1. The summed E-state index contributed by atoms with van der Waals surface area (Å²) in [6.07, 6.45) is 0.942. The number of nitrogens with zero attached hydrogens (tertiary/aromatic N) is 2. The van der Waals surface area contributed by atoms with Crippen LogP contribution in [0.5, 0.6) is 5.75 Å². The first-order valence-corrected chi connectivity index (χ1v) is 9.04. The molecule has 0 radical (unpaired) electrons. The van der Waals surface area contributed by atoms with Crippen LogP contribution < -0.4 is 4.74 Å². The maximum absolute atomic E-state index is 12.9. The number of thiophene rings is 1. The first-order chi connectivity index (χ1) is 12.7. The van der Waals surface area contributed by atoms with Crippen LogP contribution in [-0.4, -0.2) is 16.9 Å². The Kier molecular flexibility index (Phi) is 5.72. The van der Waals surface area contributed by atoms with Crippen LogP contribution in [0.1, 0.15) is 23.1 Å². The van der Waals surface area contributed by atoms with Crippen LogP contribution >= 0.6 is 11.3 Å². The second-order valence-corrected chi connectivity index (χ2v) is 6.78. The largest absolute Gasteiger partial charge is 0.481 e. The van der Waals surface area contributed by atoms with Crippen molar-refractivity contribution in [2.24, 2.45) is 0 Å². The van der Waals surface area contributed by atoms with Gasteiger partial charge >= 0.3 is 0 Å². The normalized spacial score (nSPS) is 11.5. The third-order valence-corrected chi connectivity index (χ3v) is 4.67. The maximum atomic E-state index is 12.9. The molecule has 2 heterocycles. The minimum absolute atomic E-state index is 0.126. The summed E-state index contributed by atoms with van der Waals surface area (Å²) in [7, 11) is 0. The highest BCUT2D eigenvalue weighted by Gasteiger charge is 2.23. The van der Waals surface area contributed by atoms with E-state index < -0.39 is 6.10 Å². The molecule has 0 aliphatic carbocycles. The molecule has 0 bridgehead atoms. The van der Waals surface area contributed by atoms with Crippen LogP contribution in [0, 0.1) is 11.3 Å². The SMILES string of the molecule is CC(Oc1ccc(C#N)cc1)C(=O)N(Cc1ccco1)Cc1cccs1. The summed E-state index contributed by atoms with van der Waals surface area (Å²) in [6.45, 7) is 2.60. The number of ether oxygens (including phenoxy) is 1. The molecule has 0 saturated carbocycles. The van der Waals surface area contributed by atoms with Crippen LogP contribution in [0.15, 0.2) is 64.6 Å². The fraction of sp³-hybridized carbons (Fsp3) is 0.200. The van der Waals surface area contributed by atoms with E-state index in [9.17, 15) is 4.79 Å². The van der Waals surface area contributed by atoms with Crippen LogP contribution in [0.2, 0.25) is 0 Å². The first-order valence-electron chi connectivity index (χ1n) is 8.16. The average molecular weight is 366 g/mol. The number of carbonyl (C=O) groups is 1. The molecule has 3 aromatic rings. The van der Waals surface area contributed by atoms with Gasteiger partial charge in [-0.25, -0.2) is 0 Å². The number of hydrogen-bond acceptors (Lipinski definition) is 5. The van der Waals surface area contributed by atoms with Gasteiger partial charge in [-0.05, 0) is 54.8 Å². The average Bonchev–Trinajstić information content (AvgIpc) is 3.35. The van der Waals surface area contributed by atoms with Crippen molar-refractivity contribution < 1.29 is 13.9 Å². The zero-order chi connectivity index (χ0) is 18.4. The maximum Gasteiger partial charge on any atom is 0.264 e. The minimum Gasteiger partial charge on any atom is -0.481 e. The van der Waals surface area contributed by atoms with Gasteiger partial charge in [0, 0.05) is 4.88 Å². The monoisotopic (exact) mass is 366 g/mol. The van der Waals surface area contributed by atoms with Crippen molar-refractivity contribution in [3.05, 3.63) is 76.4 Å². The van der Waals surface area contributed by atoms with Crippen molar-refractivity contribution in [1.29, 1.82) is 5.26 Å². The minimum atomic E-state index is -0.655. The lowest BCUT2D eigenvalue weighted by molar-refractivity contribution is -0.139. The van der Waals surface area contributed by atoms with Crippen molar-refractivity contribution in [3.63, 3.8) is 0 Å². The molecule has 1 amide bonds. The summed E-state index contributed by atoms with van der Waals surface area (Å²) in [6, 6.07) is 16.4. The quantitative estimate of drug-likeness (QED) is 0.628. The molecule has 1 atom stereocenters. The van der Waals surface area contributed by atoms with Gasteiger partial charge in [-0.15, -0.1) is 11.3 Å². The fourth-order valence-corrected chi connectivity index (χ4v) is 3.23. The lowest BCUT2D eigenvalue weighted by atomic mass is 10.2. The third-order valence-electron chi connectivity index (χ3n) is 3.81. The summed E-state index contributed by atoms with van der Waals surface area (Å²) in [4.78, 5) is 15.7. The highest BCUT2D eigenvalue weighted by Crippen LogP contribution is 2.18. The Morgan fingerprint density at radius 3 is 2.65 bits per heavy atom. The standard InChI is InChI=1S/C20H18N2O3S/c1-15(25-17-8-6-16(12-21)7-9-17)20(23)22(13-18-4-2-10-24-18)14-19-5-3-11-26-19/h2-11,15H,13-14H2,1H3. The van der Waals surface area contributed by atoms with Crippen LogP contribution in [-0.2, 0) is 17.9 Å². The molecule has 1 aromatic carbocycles. The topological polar surface area (TPSA) is 66.5 Å². The van der Waals surface area contributed by atoms with Gasteiger partial charge in [0.25, 0.3) is 5.91 Å². The second kappa shape index (κ2) is 8.37.